The van der Waals surface area contributed by atoms with Gasteiger partial charge in [0.25, 0.3) is 0 Å². The molecule has 5 heteroatoms. The minimum atomic E-state index is -0.387. The van der Waals surface area contributed by atoms with Gasteiger partial charge in [-0.15, -0.1) is 0 Å². The summed E-state index contributed by atoms with van der Waals surface area (Å²) in [7, 11) is 0. The van der Waals surface area contributed by atoms with E-state index in [1.807, 2.05) is 31.2 Å². The molecule has 0 aliphatic heterocycles. The van der Waals surface area contributed by atoms with E-state index in [9.17, 15) is 14.0 Å². The average molecular weight is 342 g/mol. The number of carbonyl (C=O) groups is 2. The summed E-state index contributed by atoms with van der Waals surface area (Å²) in [5, 5.41) is 2.74. The van der Waals surface area contributed by atoms with E-state index < -0.39 is 0 Å². The maximum Gasteiger partial charge on any atom is 0.224 e. The molecule has 2 amide bonds. The van der Waals surface area contributed by atoms with E-state index in [1.54, 1.807) is 23.1 Å². The van der Waals surface area contributed by atoms with Crippen LogP contribution < -0.4 is 5.32 Å². The van der Waals surface area contributed by atoms with Gasteiger partial charge in [-0.3, -0.25) is 9.59 Å². The first kappa shape index (κ1) is 18.6. The zero-order chi connectivity index (χ0) is 18.2. The molecule has 0 unspecified atom stereocenters. The fourth-order valence-corrected chi connectivity index (χ4v) is 2.47. The third kappa shape index (κ3) is 6.03. The SMILES string of the molecule is CC(=O)N(CCNC(=O)Cc1ccccc1F)Cc1ccc(C)cc1. The van der Waals surface area contributed by atoms with Gasteiger partial charge in [0, 0.05) is 26.6 Å². The third-order valence-electron chi connectivity index (χ3n) is 3.95. The van der Waals surface area contributed by atoms with Crippen molar-refractivity contribution in [1.29, 1.82) is 0 Å². The first-order valence-corrected chi connectivity index (χ1v) is 8.27. The number of amides is 2. The largest absolute Gasteiger partial charge is 0.354 e. The Hall–Kier alpha value is -2.69. The molecule has 0 atom stereocenters. The minimum Gasteiger partial charge on any atom is -0.354 e. The zero-order valence-corrected chi connectivity index (χ0v) is 14.6. The van der Waals surface area contributed by atoms with E-state index in [0.717, 1.165) is 5.56 Å². The summed E-state index contributed by atoms with van der Waals surface area (Å²) in [6.07, 6.45) is -0.00922. The number of nitrogens with zero attached hydrogens (tertiary/aromatic N) is 1. The molecule has 0 spiro atoms. The molecule has 132 valence electrons. The number of aryl methyl sites for hydroxylation is 1. The van der Waals surface area contributed by atoms with Gasteiger partial charge in [-0.05, 0) is 24.1 Å². The fourth-order valence-electron chi connectivity index (χ4n) is 2.47. The summed E-state index contributed by atoms with van der Waals surface area (Å²) >= 11 is 0. The van der Waals surface area contributed by atoms with Crippen LogP contribution in [0.5, 0.6) is 0 Å². The Balaban J connectivity index is 1.82. The number of halogens is 1. The Kier molecular flexibility index (Phi) is 6.69. The lowest BCUT2D eigenvalue weighted by Crippen LogP contribution is -2.37. The van der Waals surface area contributed by atoms with Crippen molar-refractivity contribution in [2.45, 2.75) is 26.8 Å². The predicted molar refractivity (Wildman–Crippen MR) is 95.4 cm³/mol. The van der Waals surface area contributed by atoms with Crippen molar-refractivity contribution < 1.29 is 14.0 Å². The standard InChI is InChI=1S/C20H23FN2O2/c1-15-7-9-17(10-8-15)14-23(16(2)24)12-11-22-20(25)13-18-5-3-4-6-19(18)21/h3-10H,11-14H2,1-2H3,(H,22,25). The van der Waals surface area contributed by atoms with E-state index in [2.05, 4.69) is 5.32 Å². The molecular weight excluding hydrogens is 319 g/mol. The van der Waals surface area contributed by atoms with Crippen molar-refractivity contribution in [3.63, 3.8) is 0 Å². The monoisotopic (exact) mass is 342 g/mol. The molecule has 0 bridgehead atoms. The van der Waals surface area contributed by atoms with Crippen molar-refractivity contribution in [1.82, 2.24) is 10.2 Å². The Bertz CT molecular complexity index is 729. The molecule has 25 heavy (non-hydrogen) atoms. The van der Waals surface area contributed by atoms with Crippen LogP contribution in [0.25, 0.3) is 0 Å². The molecular formula is C20H23FN2O2. The van der Waals surface area contributed by atoms with Gasteiger partial charge in [0.1, 0.15) is 5.82 Å². The number of rotatable bonds is 7. The van der Waals surface area contributed by atoms with Gasteiger partial charge in [-0.1, -0.05) is 48.0 Å². The first-order chi connectivity index (χ1) is 12.0. The van der Waals surface area contributed by atoms with Crippen LogP contribution in [0.15, 0.2) is 48.5 Å². The Morgan fingerprint density at radius 3 is 2.40 bits per heavy atom. The Morgan fingerprint density at radius 2 is 1.76 bits per heavy atom. The van der Waals surface area contributed by atoms with Gasteiger partial charge in [0.15, 0.2) is 0 Å². The van der Waals surface area contributed by atoms with E-state index in [4.69, 9.17) is 0 Å². The maximum absolute atomic E-state index is 13.5. The maximum atomic E-state index is 13.5. The third-order valence-corrected chi connectivity index (χ3v) is 3.95. The summed E-state index contributed by atoms with van der Waals surface area (Å²) in [5.41, 5.74) is 2.57. The van der Waals surface area contributed by atoms with E-state index >= 15 is 0 Å². The molecule has 0 saturated heterocycles. The summed E-state index contributed by atoms with van der Waals surface area (Å²) in [6, 6.07) is 14.2. The first-order valence-electron chi connectivity index (χ1n) is 8.27. The number of carbonyl (C=O) groups excluding carboxylic acids is 2. The van der Waals surface area contributed by atoms with Crippen LogP contribution in [0.4, 0.5) is 4.39 Å². The van der Waals surface area contributed by atoms with Crippen molar-refractivity contribution >= 4 is 11.8 Å². The summed E-state index contributed by atoms with van der Waals surface area (Å²) in [4.78, 5) is 25.4. The van der Waals surface area contributed by atoms with E-state index in [0.29, 0.717) is 25.2 Å². The lowest BCUT2D eigenvalue weighted by atomic mass is 10.1. The molecule has 1 N–H and O–H groups in total. The zero-order valence-electron chi connectivity index (χ0n) is 14.6. The van der Waals surface area contributed by atoms with Crippen LogP contribution in [-0.4, -0.2) is 29.8 Å². The quantitative estimate of drug-likeness (QED) is 0.841. The minimum absolute atomic E-state index is 0.00922. The van der Waals surface area contributed by atoms with Gasteiger partial charge in [0.2, 0.25) is 11.8 Å². The normalized spacial score (nSPS) is 10.4. The topological polar surface area (TPSA) is 49.4 Å². The highest BCUT2D eigenvalue weighted by molar-refractivity contribution is 5.78. The van der Waals surface area contributed by atoms with Gasteiger partial charge >= 0.3 is 0 Å². The van der Waals surface area contributed by atoms with Crippen LogP contribution in [0.2, 0.25) is 0 Å². The molecule has 0 aromatic heterocycles. The van der Waals surface area contributed by atoms with Gasteiger partial charge in [-0.25, -0.2) is 4.39 Å². The molecule has 0 saturated carbocycles. The molecule has 0 radical (unpaired) electrons. The van der Waals surface area contributed by atoms with Crippen molar-refractivity contribution in [3.8, 4) is 0 Å². The van der Waals surface area contributed by atoms with Crippen LogP contribution in [0.3, 0.4) is 0 Å². The molecule has 0 heterocycles. The van der Waals surface area contributed by atoms with Crippen molar-refractivity contribution in [2.75, 3.05) is 13.1 Å². The lowest BCUT2D eigenvalue weighted by Gasteiger charge is -2.21. The van der Waals surface area contributed by atoms with Crippen LogP contribution in [-0.2, 0) is 22.6 Å². The van der Waals surface area contributed by atoms with Crippen molar-refractivity contribution in [3.05, 3.63) is 71.0 Å². The average Bonchev–Trinajstić information content (AvgIpc) is 2.57. The molecule has 4 nitrogen and oxygen atoms in total. The van der Waals surface area contributed by atoms with Crippen LogP contribution in [0, 0.1) is 12.7 Å². The van der Waals surface area contributed by atoms with Crippen LogP contribution >= 0.6 is 0 Å². The fraction of sp³-hybridized carbons (Fsp3) is 0.300. The lowest BCUT2D eigenvalue weighted by molar-refractivity contribution is -0.130. The molecule has 2 rings (SSSR count). The molecule has 0 aliphatic carbocycles. The number of benzene rings is 2. The van der Waals surface area contributed by atoms with Gasteiger partial charge < -0.3 is 10.2 Å². The Labute approximate surface area is 147 Å². The highest BCUT2D eigenvalue weighted by Gasteiger charge is 2.11. The number of hydrogen-bond donors (Lipinski definition) is 1. The van der Waals surface area contributed by atoms with Gasteiger partial charge in [0.05, 0.1) is 6.42 Å². The second kappa shape index (κ2) is 8.97. The van der Waals surface area contributed by atoms with Gasteiger partial charge in [-0.2, -0.15) is 0 Å². The molecule has 2 aromatic carbocycles. The summed E-state index contributed by atoms with van der Waals surface area (Å²) in [6.45, 7) is 4.76. The highest BCUT2D eigenvalue weighted by Crippen LogP contribution is 2.08. The summed E-state index contributed by atoms with van der Waals surface area (Å²) in [5.74, 6) is -0.699. The van der Waals surface area contributed by atoms with Crippen molar-refractivity contribution in [2.24, 2.45) is 0 Å². The second-order valence-electron chi connectivity index (χ2n) is 6.04. The highest BCUT2D eigenvalue weighted by atomic mass is 19.1. The molecule has 0 aliphatic rings. The summed E-state index contributed by atoms with van der Waals surface area (Å²) < 4.78 is 13.5. The Morgan fingerprint density at radius 1 is 1.08 bits per heavy atom. The number of nitrogens with one attached hydrogen (secondary N) is 1. The number of hydrogen-bond acceptors (Lipinski definition) is 2. The second-order valence-corrected chi connectivity index (χ2v) is 6.04. The predicted octanol–water partition coefficient (Wildman–Crippen LogP) is 2.84. The van der Waals surface area contributed by atoms with Crippen LogP contribution in [0.1, 0.15) is 23.6 Å². The molecule has 0 fully saturated rings. The molecule has 2 aromatic rings. The van der Waals surface area contributed by atoms with E-state index in [-0.39, 0.29) is 24.1 Å². The smallest absolute Gasteiger partial charge is 0.224 e. The van der Waals surface area contributed by atoms with E-state index in [1.165, 1.54) is 18.6 Å².